The molecule has 0 saturated carbocycles. The van der Waals surface area contributed by atoms with Crippen molar-refractivity contribution in [3.05, 3.63) is 71.8 Å². The average Bonchev–Trinajstić information content (AvgIpc) is 2.52. The largest absolute Gasteiger partial charge is 0.497 e. The standard InChI is InChI=1S/C18H18O3/c1-21-17-11-8-14(9-12-17)7-10-16(18(19)20)13-15-5-3-2-4-6-15/h2-12,16H,13H2,1H3,(H,19,20)/b10-7+/t16-/m1/s1. The van der Waals surface area contributed by atoms with Crippen LogP contribution in [0.3, 0.4) is 0 Å². The van der Waals surface area contributed by atoms with Crippen LogP contribution >= 0.6 is 0 Å². The van der Waals surface area contributed by atoms with Crippen molar-refractivity contribution in [2.24, 2.45) is 5.92 Å². The topological polar surface area (TPSA) is 46.5 Å². The van der Waals surface area contributed by atoms with Crippen LogP contribution in [0.25, 0.3) is 6.08 Å². The maximum Gasteiger partial charge on any atom is 0.310 e. The highest BCUT2D eigenvalue weighted by Gasteiger charge is 2.14. The molecule has 0 fully saturated rings. The Morgan fingerprint density at radius 3 is 2.38 bits per heavy atom. The molecule has 3 heteroatoms. The molecule has 0 aliphatic heterocycles. The van der Waals surface area contributed by atoms with Crippen molar-refractivity contribution in [2.75, 3.05) is 7.11 Å². The van der Waals surface area contributed by atoms with Crippen molar-refractivity contribution in [2.45, 2.75) is 6.42 Å². The Kier molecular flexibility index (Phi) is 5.16. The van der Waals surface area contributed by atoms with Crippen molar-refractivity contribution in [1.29, 1.82) is 0 Å². The number of ether oxygens (including phenoxy) is 1. The molecule has 0 spiro atoms. The molecule has 0 unspecified atom stereocenters. The van der Waals surface area contributed by atoms with E-state index in [0.717, 1.165) is 16.9 Å². The second kappa shape index (κ2) is 7.29. The van der Waals surface area contributed by atoms with Gasteiger partial charge >= 0.3 is 5.97 Å². The van der Waals surface area contributed by atoms with E-state index in [1.165, 1.54) is 0 Å². The van der Waals surface area contributed by atoms with Crippen LogP contribution in [0.1, 0.15) is 11.1 Å². The summed E-state index contributed by atoms with van der Waals surface area (Å²) >= 11 is 0. The molecule has 3 nitrogen and oxygen atoms in total. The van der Waals surface area contributed by atoms with Crippen molar-refractivity contribution >= 4 is 12.0 Å². The second-order valence-electron chi connectivity index (χ2n) is 4.77. The fraction of sp³-hybridized carbons (Fsp3) is 0.167. The lowest BCUT2D eigenvalue weighted by Crippen LogP contribution is -2.13. The number of carboxylic acids is 1. The van der Waals surface area contributed by atoms with E-state index in [2.05, 4.69) is 0 Å². The third-order valence-corrected chi connectivity index (χ3v) is 3.25. The van der Waals surface area contributed by atoms with Crippen molar-refractivity contribution in [3.8, 4) is 5.75 Å². The molecule has 2 aromatic rings. The summed E-state index contributed by atoms with van der Waals surface area (Å²) in [6.45, 7) is 0. The molecule has 1 N–H and O–H groups in total. The van der Waals surface area contributed by atoms with Gasteiger partial charge in [0.15, 0.2) is 0 Å². The number of aliphatic carboxylic acids is 1. The van der Waals surface area contributed by atoms with Crippen molar-refractivity contribution in [1.82, 2.24) is 0 Å². The highest BCUT2D eigenvalue weighted by Crippen LogP contribution is 2.15. The van der Waals surface area contributed by atoms with Gasteiger partial charge in [-0.2, -0.15) is 0 Å². The number of rotatable bonds is 6. The summed E-state index contributed by atoms with van der Waals surface area (Å²) in [7, 11) is 1.62. The van der Waals surface area contributed by atoms with E-state index in [1.54, 1.807) is 13.2 Å². The van der Waals surface area contributed by atoms with Gasteiger partial charge in [0.2, 0.25) is 0 Å². The van der Waals surface area contributed by atoms with Crippen molar-refractivity contribution < 1.29 is 14.6 Å². The first-order valence-electron chi connectivity index (χ1n) is 6.78. The Morgan fingerprint density at radius 1 is 1.14 bits per heavy atom. The quantitative estimate of drug-likeness (QED) is 0.879. The van der Waals surface area contributed by atoms with Crippen LogP contribution in [-0.4, -0.2) is 18.2 Å². The highest BCUT2D eigenvalue weighted by atomic mass is 16.5. The van der Waals surface area contributed by atoms with Gasteiger partial charge in [-0.15, -0.1) is 0 Å². The average molecular weight is 282 g/mol. The predicted molar refractivity (Wildman–Crippen MR) is 83.3 cm³/mol. The summed E-state index contributed by atoms with van der Waals surface area (Å²) in [5.41, 5.74) is 1.97. The summed E-state index contributed by atoms with van der Waals surface area (Å²) in [4.78, 5) is 11.4. The molecule has 0 aromatic heterocycles. The van der Waals surface area contributed by atoms with Gasteiger partial charge in [0, 0.05) is 0 Å². The number of carboxylic acid groups (broad SMARTS) is 1. The molecular weight excluding hydrogens is 264 g/mol. The minimum atomic E-state index is -0.816. The molecule has 0 saturated heterocycles. The van der Waals surface area contributed by atoms with Gasteiger partial charge in [0.1, 0.15) is 5.75 Å². The third kappa shape index (κ3) is 4.49. The highest BCUT2D eigenvalue weighted by molar-refractivity contribution is 5.74. The first-order chi connectivity index (χ1) is 10.2. The van der Waals surface area contributed by atoms with Gasteiger partial charge < -0.3 is 9.84 Å². The van der Waals surface area contributed by atoms with E-state index in [1.807, 2.05) is 60.7 Å². The molecule has 1 atom stereocenters. The van der Waals surface area contributed by atoms with Gasteiger partial charge in [-0.05, 0) is 29.7 Å². The maximum atomic E-state index is 11.4. The first kappa shape index (κ1) is 14.9. The van der Waals surface area contributed by atoms with E-state index < -0.39 is 11.9 Å². The van der Waals surface area contributed by atoms with Gasteiger partial charge in [-0.1, -0.05) is 54.6 Å². The number of hydrogen-bond acceptors (Lipinski definition) is 2. The molecule has 0 aliphatic rings. The number of benzene rings is 2. The molecule has 2 rings (SSSR count). The molecule has 2 aromatic carbocycles. The smallest absolute Gasteiger partial charge is 0.310 e. The fourth-order valence-corrected chi connectivity index (χ4v) is 2.05. The van der Waals surface area contributed by atoms with Gasteiger partial charge in [0.25, 0.3) is 0 Å². The van der Waals surface area contributed by atoms with E-state index in [4.69, 9.17) is 4.74 Å². The normalized spacial score (nSPS) is 12.2. The molecule has 0 radical (unpaired) electrons. The lowest BCUT2D eigenvalue weighted by molar-refractivity contribution is -0.140. The molecule has 21 heavy (non-hydrogen) atoms. The van der Waals surface area contributed by atoms with Crippen LogP contribution in [0.4, 0.5) is 0 Å². The molecule has 0 amide bonds. The Morgan fingerprint density at radius 2 is 1.81 bits per heavy atom. The van der Waals surface area contributed by atoms with E-state index in [-0.39, 0.29) is 0 Å². The summed E-state index contributed by atoms with van der Waals surface area (Å²) in [6.07, 6.45) is 4.06. The second-order valence-corrected chi connectivity index (χ2v) is 4.77. The van der Waals surface area contributed by atoms with Crippen LogP contribution in [-0.2, 0) is 11.2 Å². The van der Waals surface area contributed by atoms with Crippen LogP contribution < -0.4 is 4.74 Å². The molecular formula is C18H18O3. The molecule has 0 aliphatic carbocycles. The minimum Gasteiger partial charge on any atom is -0.497 e. The Labute approximate surface area is 124 Å². The number of methoxy groups -OCH3 is 1. The zero-order valence-corrected chi connectivity index (χ0v) is 11.9. The lowest BCUT2D eigenvalue weighted by atomic mass is 9.98. The first-order valence-corrected chi connectivity index (χ1v) is 6.78. The van der Waals surface area contributed by atoms with Crippen LogP contribution in [0, 0.1) is 5.92 Å². The lowest BCUT2D eigenvalue weighted by Gasteiger charge is -2.07. The maximum absolute atomic E-state index is 11.4. The van der Waals surface area contributed by atoms with Crippen LogP contribution in [0.15, 0.2) is 60.7 Å². The van der Waals surface area contributed by atoms with E-state index in [9.17, 15) is 9.90 Å². The van der Waals surface area contributed by atoms with Crippen LogP contribution in [0.2, 0.25) is 0 Å². The van der Waals surface area contributed by atoms with Gasteiger partial charge in [-0.25, -0.2) is 0 Å². The Hall–Kier alpha value is -2.55. The van der Waals surface area contributed by atoms with Gasteiger partial charge in [-0.3, -0.25) is 4.79 Å². The van der Waals surface area contributed by atoms with E-state index in [0.29, 0.717) is 6.42 Å². The number of carbonyl (C=O) groups is 1. The van der Waals surface area contributed by atoms with Crippen LogP contribution in [0.5, 0.6) is 5.75 Å². The molecule has 108 valence electrons. The fourth-order valence-electron chi connectivity index (χ4n) is 2.05. The Balaban J connectivity index is 2.08. The zero-order valence-electron chi connectivity index (χ0n) is 11.9. The predicted octanol–water partition coefficient (Wildman–Crippen LogP) is 3.65. The van der Waals surface area contributed by atoms with E-state index >= 15 is 0 Å². The summed E-state index contributed by atoms with van der Waals surface area (Å²) in [5.74, 6) is -0.565. The zero-order chi connectivity index (χ0) is 15.1. The summed E-state index contributed by atoms with van der Waals surface area (Å²) < 4.78 is 5.09. The molecule has 0 heterocycles. The Bertz CT molecular complexity index is 600. The molecule has 0 bridgehead atoms. The summed E-state index contributed by atoms with van der Waals surface area (Å²) in [5, 5.41) is 9.32. The minimum absolute atomic E-state index is 0.489. The SMILES string of the molecule is COc1ccc(/C=C/[C@H](Cc2ccccc2)C(=O)O)cc1. The van der Waals surface area contributed by atoms with Gasteiger partial charge in [0.05, 0.1) is 13.0 Å². The monoisotopic (exact) mass is 282 g/mol. The third-order valence-electron chi connectivity index (χ3n) is 3.25. The number of hydrogen-bond donors (Lipinski definition) is 1. The summed E-state index contributed by atoms with van der Waals surface area (Å²) in [6, 6.07) is 17.1. The van der Waals surface area contributed by atoms with Crippen molar-refractivity contribution in [3.63, 3.8) is 0 Å².